The third-order valence-corrected chi connectivity index (χ3v) is 6.19. The lowest BCUT2D eigenvalue weighted by Crippen LogP contribution is -2.64. The van der Waals surface area contributed by atoms with Crippen molar-refractivity contribution in [2.24, 2.45) is 5.73 Å². The maximum Gasteiger partial charge on any atom is 0.455 e. The van der Waals surface area contributed by atoms with E-state index in [0.29, 0.717) is 25.1 Å². The summed E-state index contributed by atoms with van der Waals surface area (Å²) in [5.41, 5.74) is 4.85. The minimum atomic E-state index is -1.53. The number of carboxylic acids is 1. The van der Waals surface area contributed by atoms with Crippen LogP contribution in [0, 0.1) is 0 Å². The first kappa shape index (κ1) is 25.8. The highest BCUT2D eigenvalue weighted by atomic mass is 16.5. The van der Waals surface area contributed by atoms with E-state index in [0.717, 1.165) is 0 Å². The van der Waals surface area contributed by atoms with E-state index in [1.54, 1.807) is 21.0 Å². The predicted molar refractivity (Wildman–Crippen MR) is 122 cm³/mol. The first-order chi connectivity index (χ1) is 15.8. The van der Waals surface area contributed by atoms with Gasteiger partial charge in [0, 0.05) is 39.5 Å². The number of amides is 2. The van der Waals surface area contributed by atoms with Gasteiger partial charge in [0.05, 0.1) is 6.54 Å². The van der Waals surface area contributed by atoms with Crippen LogP contribution in [0.3, 0.4) is 0 Å². The van der Waals surface area contributed by atoms with Crippen molar-refractivity contribution in [2.45, 2.75) is 36.7 Å². The molecule has 0 radical (unpaired) electrons. The molecule has 1 heterocycles. The Morgan fingerprint density at radius 1 is 1.29 bits per heavy atom. The quantitative estimate of drug-likeness (QED) is 0.214. The Balaban J connectivity index is 1.56. The van der Waals surface area contributed by atoms with Crippen molar-refractivity contribution >= 4 is 24.9 Å². The summed E-state index contributed by atoms with van der Waals surface area (Å²) in [6.07, 6.45) is 0.0713. The van der Waals surface area contributed by atoms with E-state index in [1.165, 1.54) is 17.0 Å². The lowest BCUT2D eigenvalue weighted by molar-refractivity contribution is -0.133. The number of hydrogen-bond acceptors (Lipinski definition) is 9. The molecule has 2 fully saturated rings. The van der Waals surface area contributed by atoms with Gasteiger partial charge in [-0.2, -0.15) is 0 Å². The van der Waals surface area contributed by atoms with Gasteiger partial charge >= 0.3 is 13.1 Å². The van der Waals surface area contributed by atoms with Gasteiger partial charge < -0.3 is 40.9 Å². The van der Waals surface area contributed by atoms with Crippen LogP contribution in [0.4, 0.5) is 0 Å². The van der Waals surface area contributed by atoms with Crippen LogP contribution in [0.5, 0.6) is 11.5 Å². The van der Waals surface area contributed by atoms with Crippen LogP contribution in [0.15, 0.2) is 12.1 Å². The summed E-state index contributed by atoms with van der Waals surface area (Å²) in [5, 5.41) is 41.3. The molecule has 3 rings (SSSR count). The summed E-state index contributed by atoms with van der Waals surface area (Å²) in [6, 6.07) is 3.00. The average Bonchev–Trinajstić information content (AvgIpc) is 3.50. The molecule has 1 unspecified atom stereocenters. The summed E-state index contributed by atoms with van der Waals surface area (Å²) in [6.45, 7) is 2.39. The topological polar surface area (TPSA) is 186 Å². The summed E-state index contributed by atoms with van der Waals surface area (Å²) < 4.78 is 5.79. The third kappa shape index (κ3) is 5.61. The number of carboxylic acid groups (broad SMARTS) is 1. The average molecular weight is 478 g/mol. The number of aromatic hydroxyl groups is 1. The van der Waals surface area contributed by atoms with Crippen molar-refractivity contribution in [3.05, 3.63) is 23.3 Å². The molecule has 2 amide bonds. The standard InChI is InChI=1S/C21H31BN4O8/c1-21(23,20(31)24-7-16(27)25(2)3)10-26-8-11(9-26)34-15-5-4-12(13-6-14(13)22(32)33)18(28)17(15)19(29)30/h4-5,11,13-14,28,32-33H,6-10,23H2,1-3H3,(H,24,31)(H,29,30)/t13-,14-,21?/m0/s1. The van der Waals surface area contributed by atoms with Crippen LogP contribution in [0.2, 0.25) is 5.82 Å². The molecule has 3 atom stereocenters. The molecule has 0 aromatic heterocycles. The highest BCUT2D eigenvalue weighted by molar-refractivity contribution is 6.44. The molecule has 1 aromatic rings. The molecule has 186 valence electrons. The van der Waals surface area contributed by atoms with Crippen LogP contribution >= 0.6 is 0 Å². The number of likely N-dealkylation sites (N-methyl/N-ethyl adjacent to an activating group) is 1. The Bertz CT molecular complexity index is 964. The number of likely N-dealkylation sites (tertiary alicyclic amines) is 1. The molecular formula is C21H31BN4O8. The molecule has 12 nitrogen and oxygen atoms in total. The normalized spacial score (nSPS) is 21.7. The second kappa shape index (κ2) is 9.78. The second-order valence-corrected chi connectivity index (χ2v) is 9.42. The van der Waals surface area contributed by atoms with Crippen molar-refractivity contribution in [3.63, 3.8) is 0 Å². The predicted octanol–water partition coefficient (Wildman–Crippen LogP) is -1.59. The van der Waals surface area contributed by atoms with Gasteiger partial charge in [-0.25, -0.2) is 4.79 Å². The zero-order valence-corrected chi connectivity index (χ0v) is 19.4. The van der Waals surface area contributed by atoms with Gasteiger partial charge in [0.1, 0.15) is 28.7 Å². The van der Waals surface area contributed by atoms with E-state index >= 15 is 0 Å². The Labute approximate surface area is 197 Å². The van der Waals surface area contributed by atoms with E-state index in [4.69, 9.17) is 10.5 Å². The second-order valence-electron chi connectivity index (χ2n) is 9.42. The molecule has 0 bridgehead atoms. The van der Waals surface area contributed by atoms with Gasteiger partial charge in [0.2, 0.25) is 11.8 Å². The number of benzene rings is 1. The van der Waals surface area contributed by atoms with E-state index in [1.807, 2.05) is 4.90 Å². The van der Waals surface area contributed by atoms with Gasteiger partial charge in [-0.1, -0.05) is 6.07 Å². The molecule has 1 aliphatic carbocycles. The van der Waals surface area contributed by atoms with Crippen molar-refractivity contribution < 1.29 is 39.4 Å². The Kier molecular flexibility index (Phi) is 7.41. The van der Waals surface area contributed by atoms with Crippen LogP contribution in [0.1, 0.15) is 35.2 Å². The van der Waals surface area contributed by atoms with Gasteiger partial charge in [-0.3, -0.25) is 14.5 Å². The molecule has 1 aliphatic heterocycles. The molecular weight excluding hydrogens is 447 g/mol. The highest BCUT2D eigenvalue weighted by Crippen LogP contribution is 2.56. The zero-order chi connectivity index (χ0) is 25.4. The van der Waals surface area contributed by atoms with E-state index in [2.05, 4.69) is 5.32 Å². The molecule has 34 heavy (non-hydrogen) atoms. The van der Waals surface area contributed by atoms with Crippen molar-refractivity contribution in [3.8, 4) is 11.5 Å². The fourth-order valence-electron chi connectivity index (χ4n) is 4.05. The van der Waals surface area contributed by atoms with Crippen molar-refractivity contribution in [1.82, 2.24) is 15.1 Å². The third-order valence-electron chi connectivity index (χ3n) is 6.19. The monoisotopic (exact) mass is 478 g/mol. The smallest absolute Gasteiger partial charge is 0.455 e. The Hall–Kier alpha value is -2.87. The van der Waals surface area contributed by atoms with E-state index < -0.39 is 36.1 Å². The molecule has 1 aromatic carbocycles. The number of rotatable bonds is 10. The van der Waals surface area contributed by atoms with Crippen molar-refractivity contribution in [1.29, 1.82) is 0 Å². The zero-order valence-electron chi connectivity index (χ0n) is 19.4. The van der Waals surface area contributed by atoms with Crippen LogP contribution < -0.4 is 15.8 Å². The number of carbonyl (C=O) groups is 3. The molecule has 2 aliphatic rings. The first-order valence-corrected chi connectivity index (χ1v) is 10.9. The maximum atomic E-state index is 12.4. The minimum Gasteiger partial charge on any atom is -0.507 e. The van der Waals surface area contributed by atoms with Gasteiger partial charge in [-0.05, 0) is 30.9 Å². The van der Waals surface area contributed by atoms with E-state index in [9.17, 15) is 34.6 Å². The first-order valence-electron chi connectivity index (χ1n) is 10.9. The molecule has 7 N–H and O–H groups in total. The Morgan fingerprint density at radius 3 is 2.47 bits per heavy atom. The highest BCUT2D eigenvalue weighted by Gasteiger charge is 2.48. The molecule has 1 saturated heterocycles. The molecule has 13 heteroatoms. The summed E-state index contributed by atoms with van der Waals surface area (Å²) in [7, 11) is 1.64. The number of nitrogens with zero attached hydrogens (tertiary/aromatic N) is 2. The fraction of sp³-hybridized carbons (Fsp3) is 0.571. The van der Waals surface area contributed by atoms with Crippen LogP contribution in [-0.2, 0) is 9.59 Å². The number of phenols is 1. The molecule has 1 saturated carbocycles. The number of hydrogen-bond donors (Lipinski definition) is 6. The molecule has 0 spiro atoms. The van der Waals surface area contributed by atoms with Gasteiger partial charge in [0.25, 0.3) is 0 Å². The number of nitrogens with two attached hydrogens (primary N) is 1. The number of aromatic carboxylic acids is 1. The lowest BCUT2D eigenvalue weighted by atomic mass is 9.81. The lowest BCUT2D eigenvalue weighted by Gasteiger charge is -2.42. The summed E-state index contributed by atoms with van der Waals surface area (Å²) in [4.78, 5) is 39.0. The van der Waals surface area contributed by atoms with Crippen LogP contribution in [-0.4, -0.2) is 107 Å². The van der Waals surface area contributed by atoms with Gasteiger partial charge in [0.15, 0.2) is 0 Å². The fourth-order valence-corrected chi connectivity index (χ4v) is 4.05. The van der Waals surface area contributed by atoms with Gasteiger partial charge in [-0.15, -0.1) is 0 Å². The maximum absolute atomic E-state index is 12.4. The largest absolute Gasteiger partial charge is 0.507 e. The SMILES string of the molecule is CN(C)C(=O)CNC(=O)C(C)(N)CN1CC(Oc2ccc([C@@H]3C[C@@H]3B(O)O)c(O)c2C(=O)O)C1. The summed E-state index contributed by atoms with van der Waals surface area (Å²) >= 11 is 0. The number of ether oxygens (including phenoxy) is 1. The van der Waals surface area contributed by atoms with Crippen LogP contribution in [0.25, 0.3) is 0 Å². The minimum absolute atomic E-state index is 0.00981. The number of nitrogens with one attached hydrogen (secondary N) is 1. The Morgan fingerprint density at radius 2 is 1.94 bits per heavy atom. The van der Waals surface area contributed by atoms with E-state index in [-0.39, 0.29) is 42.3 Å². The van der Waals surface area contributed by atoms with Crippen molar-refractivity contribution in [2.75, 3.05) is 40.3 Å². The number of carbonyl (C=O) groups excluding carboxylic acids is 2. The summed E-state index contributed by atoms with van der Waals surface area (Å²) in [5.74, 6) is -3.27.